The standard InChI is InChI=1S/C52H31NO2S/c1-2-10-39-33(9-1)23-30-44-50-38(13-8-17-47(50)55-51(39)44)34-21-27-37(28-22-34)53(45-15-7-14-43-40-11-3-5-16-46(40)54-52(43)45)36-25-19-32(20-26-36)35-24-29-42-41-12-4-6-18-48(41)56-49(42)31-35/h1-31H. The largest absolute Gasteiger partial charge is 0.455 e. The molecule has 4 heteroatoms. The molecule has 0 amide bonds. The van der Waals surface area contributed by atoms with E-state index in [1.54, 1.807) is 0 Å². The second-order valence-corrected chi connectivity index (χ2v) is 15.5. The number of anilines is 3. The molecule has 0 aliphatic rings. The average Bonchev–Trinajstić information content (AvgIpc) is 3.96. The minimum Gasteiger partial charge on any atom is -0.455 e. The summed E-state index contributed by atoms with van der Waals surface area (Å²) in [6.45, 7) is 0. The quantitative estimate of drug-likeness (QED) is 0.176. The van der Waals surface area contributed by atoms with Crippen LogP contribution in [0.5, 0.6) is 0 Å². The van der Waals surface area contributed by atoms with Gasteiger partial charge < -0.3 is 13.7 Å². The van der Waals surface area contributed by atoms with Gasteiger partial charge in [0.25, 0.3) is 0 Å². The first-order valence-electron chi connectivity index (χ1n) is 18.9. The first kappa shape index (κ1) is 31.2. The Hall–Kier alpha value is -7.14. The lowest BCUT2D eigenvalue weighted by molar-refractivity contribution is 0.669. The third-order valence-corrected chi connectivity index (χ3v) is 12.4. The number of hydrogen-bond acceptors (Lipinski definition) is 4. The maximum atomic E-state index is 6.62. The molecule has 0 unspecified atom stereocenters. The topological polar surface area (TPSA) is 29.5 Å². The van der Waals surface area contributed by atoms with E-state index >= 15 is 0 Å². The van der Waals surface area contributed by atoms with Crippen molar-refractivity contribution in [3.8, 4) is 22.3 Å². The van der Waals surface area contributed by atoms with Gasteiger partial charge in [-0.15, -0.1) is 11.3 Å². The van der Waals surface area contributed by atoms with E-state index < -0.39 is 0 Å². The second kappa shape index (κ2) is 12.2. The molecule has 0 aliphatic carbocycles. The monoisotopic (exact) mass is 733 g/mol. The van der Waals surface area contributed by atoms with Gasteiger partial charge in [0.15, 0.2) is 5.58 Å². The zero-order valence-corrected chi connectivity index (χ0v) is 30.9. The van der Waals surface area contributed by atoms with Crippen molar-refractivity contribution in [2.75, 3.05) is 4.90 Å². The van der Waals surface area contributed by atoms with Gasteiger partial charge >= 0.3 is 0 Å². The fraction of sp³-hybridized carbons (Fsp3) is 0. The molecule has 0 saturated carbocycles. The van der Waals surface area contributed by atoms with Crippen LogP contribution in [0.1, 0.15) is 0 Å². The molecule has 0 atom stereocenters. The Morgan fingerprint density at radius 2 is 1.00 bits per heavy atom. The van der Waals surface area contributed by atoms with Gasteiger partial charge in [-0.1, -0.05) is 127 Å². The Kier molecular flexibility index (Phi) is 6.80. The molecule has 12 rings (SSSR count). The summed E-state index contributed by atoms with van der Waals surface area (Å²) >= 11 is 1.85. The van der Waals surface area contributed by atoms with Crippen LogP contribution < -0.4 is 4.90 Å². The van der Waals surface area contributed by atoms with Crippen molar-refractivity contribution < 1.29 is 8.83 Å². The van der Waals surface area contributed by atoms with Crippen LogP contribution in [0.4, 0.5) is 17.1 Å². The van der Waals surface area contributed by atoms with Crippen LogP contribution in [0.25, 0.3) is 97.1 Å². The zero-order valence-electron chi connectivity index (χ0n) is 30.1. The molecule has 3 aromatic heterocycles. The van der Waals surface area contributed by atoms with E-state index in [1.807, 2.05) is 23.5 Å². The molecule has 0 spiro atoms. The molecule has 9 aromatic carbocycles. The Bertz CT molecular complexity index is 3480. The molecule has 0 bridgehead atoms. The van der Waals surface area contributed by atoms with E-state index in [4.69, 9.17) is 8.83 Å². The molecule has 0 N–H and O–H groups in total. The Balaban J connectivity index is 0.988. The molecular formula is C52H31NO2S. The molecule has 0 fully saturated rings. The van der Waals surface area contributed by atoms with Gasteiger partial charge in [0.05, 0.1) is 5.69 Å². The maximum Gasteiger partial charge on any atom is 0.159 e. The number of benzene rings is 9. The number of furan rings is 2. The third-order valence-electron chi connectivity index (χ3n) is 11.3. The molecular weight excluding hydrogens is 703 g/mol. The van der Waals surface area contributed by atoms with Crippen molar-refractivity contribution in [3.05, 3.63) is 188 Å². The Morgan fingerprint density at radius 1 is 0.375 bits per heavy atom. The van der Waals surface area contributed by atoms with Crippen LogP contribution in [-0.2, 0) is 0 Å². The number of hydrogen-bond donors (Lipinski definition) is 0. The summed E-state index contributed by atoms with van der Waals surface area (Å²) in [5, 5.41) is 9.40. The van der Waals surface area contributed by atoms with Crippen molar-refractivity contribution in [3.63, 3.8) is 0 Å². The number of fused-ring (bicyclic) bond motifs is 11. The van der Waals surface area contributed by atoms with E-state index in [1.165, 1.54) is 36.7 Å². The Labute approximate surface area is 325 Å². The lowest BCUT2D eigenvalue weighted by Crippen LogP contribution is -2.10. The van der Waals surface area contributed by atoms with Crippen LogP contribution in [0.15, 0.2) is 197 Å². The predicted molar refractivity (Wildman–Crippen MR) is 237 cm³/mol. The van der Waals surface area contributed by atoms with Crippen molar-refractivity contribution in [1.29, 1.82) is 0 Å². The molecule has 3 heterocycles. The lowest BCUT2D eigenvalue weighted by Gasteiger charge is -2.26. The van der Waals surface area contributed by atoms with Crippen molar-refractivity contribution in [2.24, 2.45) is 0 Å². The van der Waals surface area contributed by atoms with E-state index in [-0.39, 0.29) is 0 Å². The lowest BCUT2D eigenvalue weighted by atomic mass is 9.98. The van der Waals surface area contributed by atoms with Gasteiger partial charge in [-0.25, -0.2) is 0 Å². The highest BCUT2D eigenvalue weighted by Crippen LogP contribution is 2.45. The van der Waals surface area contributed by atoms with Gasteiger partial charge in [0.1, 0.15) is 16.7 Å². The normalized spacial score (nSPS) is 11.9. The first-order chi connectivity index (χ1) is 27.7. The predicted octanol–water partition coefficient (Wildman–Crippen LogP) is 15.8. The van der Waals surface area contributed by atoms with E-state index in [2.05, 4.69) is 181 Å². The van der Waals surface area contributed by atoms with Crippen LogP contribution in [0.3, 0.4) is 0 Å². The van der Waals surface area contributed by atoms with Crippen molar-refractivity contribution in [1.82, 2.24) is 0 Å². The van der Waals surface area contributed by atoms with Crippen LogP contribution in [-0.4, -0.2) is 0 Å². The number of nitrogens with zero attached hydrogens (tertiary/aromatic N) is 1. The van der Waals surface area contributed by atoms with Crippen molar-refractivity contribution >= 4 is 103 Å². The van der Waals surface area contributed by atoms with Crippen LogP contribution >= 0.6 is 11.3 Å². The molecule has 0 radical (unpaired) electrons. The summed E-state index contributed by atoms with van der Waals surface area (Å²) in [5.74, 6) is 0. The van der Waals surface area contributed by atoms with Crippen LogP contribution in [0.2, 0.25) is 0 Å². The van der Waals surface area contributed by atoms with Gasteiger partial charge in [-0.3, -0.25) is 0 Å². The molecule has 0 saturated heterocycles. The van der Waals surface area contributed by atoms with E-state index in [9.17, 15) is 0 Å². The third kappa shape index (κ3) is 4.76. The number of thiophene rings is 1. The molecule has 0 aliphatic heterocycles. The SMILES string of the molecule is c1ccc2c(c1)ccc1c2oc2cccc(-c3ccc(N(c4ccc(-c5ccc6c(c5)sc5ccccc56)cc4)c4cccc5c4oc4ccccc45)cc3)c21. The van der Waals surface area contributed by atoms with E-state index in [0.717, 1.165) is 77.5 Å². The molecule has 3 nitrogen and oxygen atoms in total. The highest BCUT2D eigenvalue weighted by atomic mass is 32.1. The average molecular weight is 734 g/mol. The highest BCUT2D eigenvalue weighted by molar-refractivity contribution is 7.25. The summed E-state index contributed by atoms with van der Waals surface area (Å²) in [6, 6.07) is 67.2. The summed E-state index contributed by atoms with van der Waals surface area (Å²) in [4.78, 5) is 2.31. The summed E-state index contributed by atoms with van der Waals surface area (Å²) in [7, 11) is 0. The summed E-state index contributed by atoms with van der Waals surface area (Å²) in [6.07, 6.45) is 0. The fourth-order valence-corrected chi connectivity index (χ4v) is 9.77. The summed E-state index contributed by atoms with van der Waals surface area (Å²) < 4.78 is 15.8. The smallest absolute Gasteiger partial charge is 0.159 e. The van der Waals surface area contributed by atoms with Gasteiger partial charge in [-0.2, -0.15) is 0 Å². The zero-order chi connectivity index (χ0) is 36.7. The van der Waals surface area contributed by atoms with Crippen molar-refractivity contribution in [2.45, 2.75) is 0 Å². The molecule has 262 valence electrons. The maximum absolute atomic E-state index is 6.62. The Morgan fingerprint density at radius 3 is 1.86 bits per heavy atom. The second-order valence-electron chi connectivity index (χ2n) is 14.4. The number of rotatable bonds is 5. The van der Waals surface area contributed by atoms with E-state index in [0.29, 0.717) is 0 Å². The summed E-state index contributed by atoms with van der Waals surface area (Å²) in [5.41, 5.74) is 11.3. The fourth-order valence-electron chi connectivity index (χ4n) is 8.63. The minimum absolute atomic E-state index is 0.860. The highest BCUT2D eigenvalue weighted by Gasteiger charge is 2.21. The number of para-hydroxylation sites is 2. The molecule has 12 aromatic rings. The molecule has 56 heavy (non-hydrogen) atoms. The first-order valence-corrected chi connectivity index (χ1v) is 19.7. The van der Waals surface area contributed by atoms with Gasteiger partial charge in [0.2, 0.25) is 0 Å². The minimum atomic E-state index is 0.860. The van der Waals surface area contributed by atoms with Gasteiger partial charge in [-0.05, 0) is 88.3 Å². The van der Waals surface area contributed by atoms with Gasteiger partial charge in [0, 0.05) is 58.5 Å². The van der Waals surface area contributed by atoms with Crippen LogP contribution in [0, 0.1) is 0 Å².